The Kier molecular flexibility index (Phi) is 5.04. The number of hydrogen-bond acceptors (Lipinski definition) is 3. The maximum absolute atomic E-state index is 5.49. The summed E-state index contributed by atoms with van der Waals surface area (Å²) >= 11 is 2.15. The van der Waals surface area contributed by atoms with Crippen molar-refractivity contribution in [1.29, 1.82) is 0 Å². The minimum Gasteiger partial charge on any atom is -0.501 e. The van der Waals surface area contributed by atoms with Gasteiger partial charge in [0.25, 0.3) is 0 Å². The third kappa shape index (κ3) is 3.17. The predicted molar refractivity (Wildman–Crippen MR) is 70.8 cm³/mol. The van der Waals surface area contributed by atoms with Crippen LogP contribution >= 0.6 is 11.8 Å². The van der Waals surface area contributed by atoms with Crippen LogP contribution in [-0.2, 0) is 4.74 Å². The fourth-order valence-electron chi connectivity index (χ4n) is 2.56. The van der Waals surface area contributed by atoms with Crippen molar-refractivity contribution < 1.29 is 4.74 Å². The van der Waals surface area contributed by atoms with Crippen molar-refractivity contribution in [1.82, 2.24) is 5.32 Å². The minimum absolute atomic E-state index is 0.551. The molecule has 0 aromatic heterocycles. The van der Waals surface area contributed by atoms with Gasteiger partial charge in [-0.3, -0.25) is 0 Å². The van der Waals surface area contributed by atoms with Gasteiger partial charge in [-0.2, -0.15) is 11.8 Å². The molecule has 0 amide bonds. The topological polar surface area (TPSA) is 21.3 Å². The zero-order valence-electron chi connectivity index (χ0n) is 10.2. The van der Waals surface area contributed by atoms with Gasteiger partial charge in [-0.25, -0.2) is 0 Å². The van der Waals surface area contributed by atoms with Gasteiger partial charge >= 0.3 is 0 Å². The average molecular weight is 241 g/mol. The van der Waals surface area contributed by atoms with Crippen LogP contribution in [0.15, 0.2) is 11.8 Å². The molecule has 1 fully saturated rings. The van der Waals surface area contributed by atoms with E-state index in [1.54, 1.807) is 0 Å². The first kappa shape index (κ1) is 12.3. The van der Waals surface area contributed by atoms with E-state index in [1.165, 1.54) is 43.4 Å². The molecule has 2 unspecified atom stereocenters. The number of hydrogen-bond donors (Lipinski definition) is 1. The third-order valence-electron chi connectivity index (χ3n) is 3.37. The van der Waals surface area contributed by atoms with Gasteiger partial charge in [-0.15, -0.1) is 0 Å². The van der Waals surface area contributed by atoms with E-state index in [-0.39, 0.29) is 0 Å². The van der Waals surface area contributed by atoms with Gasteiger partial charge in [0.05, 0.1) is 12.9 Å². The summed E-state index contributed by atoms with van der Waals surface area (Å²) in [4.78, 5) is 0. The second-order valence-corrected chi connectivity index (χ2v) is 5.95. The van der Waals surface area contributed by atoms with Crippen molar-refractivity contribution in [2.24, 2.45) is 0 Å². The van der Waals surface area contributed by atoms with Crippen LogP contribution < -0.4 is 5.32 Å². The number of rotatable bonds is 4. The van der Waals surface area contributed by atoms with Crippen LogP contribution in [0.2, 0.25) is 0 Å². The molecule has 0 radical (unpaired) electrons. The molecule has 0 aliphatic carbocycles. The first-order valence-corrected chi connectivity index (χ1v) is 7.62. The van der Waals surface area contributed by atoms with Crippen LogP contribution in [0, 0.1) is 0 Å². The summed E-state index contributed by atoms with van der Waals surface area (Å²) in [6.45, 7) is 4.16. The molecule has 2 aliphatic rings. The Morgan fingerprint density at radius 1 is 1.50 bits per heavy atom. The summed E-state index contributed by atoms with van der Waals surface area (Å²) in [5.41, 5.74) is 1.49. The van der Waals surface area contributed by atoms with Gasteiger partial charge in [-0.1, -0.05) is 13.3 Å². The largest absolute Gasteiger partial charge is 0.501 e. The Morgan fingerprint density at radius 2 is 2.44 bits per heavy atom. The molecule has 3 heteroatoms. The summed E-state index contributed by atoms with van der Waals surface area (Å²) in [5, 5.41) is 4.42. The molecular weight excluding hydrogens is 218 g/mol. The van der Waals surface area contributed by atoms with E-state index in [2.05, 4.69) is 24.0 Å². The lowest BCUT2D eigenvalue weighted by Gasteiger charge is -2.33. The van der Waals surface area contributed by atoms with Gasteiger partial charge in [-0.05, 0) is 43.6 Å². The Balaban J connectivity index is 1.99. The van der Waals surface area contributed by atoms with Crippen molar-refractivity contribution in [3.63, 3.8) is 0 Å². The quantitative estimate of drug-likeness (QED) is 0.817. The molecule has 92 valence electrons. The van der Waals surface area contributed by atoms with Crippen LogP contribution in [0.4, 0.5) is 0 Å². The number of ether oxygens (including phenoxy) is 1. The normalized spacial score (nSPS) is 28.1. The summed E-state index contributed by atoms with van der Waals surface area (Å²) in [6, 6.07) is 0.551. The second kappa shape index (κ2) is 6.55. The fourth-order valence-corrected chi connectivity index (χ4v) is 4.03. The highest BCUT2D eigenvalue weighted by atomic mass is 32.2. The van der Waals surface area contributed by atoms with Crippen molar-refractivity contribution in [2.75, 3.05) is 18.9 Å². The Hall–Kier alpha value is -0.150. The molecule has 0 saturated carbocycles. The van der Waals surface area contributed by atoms with Crippen LogP contribution in [0.5, 0.6) is 0 Å². The maximum atomic E-state index is 5.49. The summed E-state index contributed by atoms with van der Waals surface area (Å²) in [6.07, 6.45) is 8.58. The number of nitrogens with one attached hydrogen (secondary N) is 1. The van der Waals surface area contributed by atoms with E-state index < -0.39 is 0 Å². The van der Waals surface area contributed by atoms with Gasteiger partial charge in [0.15, 0.2) is 0 Å². The molecule has 0 aromatic carbocycles. The molecule has 0 spiro atoms. The highest BCUT2D eigenvalue weighted by molar-refractivity contribution is 8.00. The third-order valence-corrected chi connectivity index (χ3v) is 4.83. The van der Waals surface area contributed by atoms with E-state index in [0.29, 0.717) is 6.04 Å². The average Bonchev–Trinajstić information content (AvgIpc) is 2.38. The SMILES string of the molecule is CCNC(C1=COCCC1)C1CCCCS1. The summed E-state index contributed by atoms with van der Waals surface area (Å²) < 4.78 is 5.49. The minimum atomic E-state index is 0.551. The zero-order valence-corrected chi connectivity index (χ0v) is 11.0. The lowest BCUT2D eigenvalue weighted by Crippen LogP contribution is -2.41. The fraction of sp³-hybridized carbons (Fsp3) is 0.846. The van der Waals surface area contributed by atoms with E-state index in [0.717, 1.165) is 18.4 Å². The molecule has 16 heavy (non-hydrogen) atoms. The van der Waals surface area contributed by atoms with Crippen molar-refractivity contribution in [3.05, 3.63) is 11.8 Å². The molecular formula is C13H23NOS. The molecule has 2 heterocycles. The Bertz CT molecular complexity index is 236. The van der Waals surface area contributed by atoms with Gasteiger partial charge < -0.3 is 10.1 Å². The van der Waals surface area contributed by atoms with Crippen LogP contribution in [-0.4, -0.2) is 30.2 Å². The lowest BCUT2D eigenvalue weighted by molar-refractivity contribution is 0.218. The molecule has 2 rings (SSSR count). The van der Waals surface area contributed by atoms with Crippen molar-refractivity contribution >= 4 is 11.8 Å². The first-order valence-electron chi connectivity index (χ1n) is 6.57. The van der Waals surface area contributed by atoms with Crippen molar-refractivity contribution in [2.45, 2.75) is 50.3 Å². The molecule has 0 aromatic rings. The monoisotopic (exact) mass is 241 g/mol. The standard InChI is InChI=1S/C13H23NOS/c1-2-14-13(11-6-5-8-15-10-11)12-7-3-4-9-16-12/h10,12-14H,2-9H2,1H3. The number of thioether (sulfide) groups is 1. The summed E-state index contributed by atoms with van der Waals surface area (Å²) in [7, 11) is 0. The Morgan fingerprint density at radius 3 is 3.06 bits per heavy atom. The zero-order chi connectivity index (χ0) is 11.2. The van der Waals surface area contributed by atoms with Crippen LogP contribution in [0.1, 0.15) is 39.0 Å². The molecule has 1 saturated heterocycles. The maximum Gasteiger partial charge on any atom is 0.0876 e. The van der Waals surface area contributed by atoms with E-state index in [9.17, 15) is 0 Å². The molecule has 2 aliphatic heterocycles. The van der Waals surface area contributed by atoms with Gasteiger partial charge in [0.2, 0.25) is 0 Å². The highest BCUT2D eigenvalue weighted by Gasteiger charge is 2.27. The van der Waals surface area contributed by atoms with Crippen molar-refractivity contribution in [3.8, 4) is 0 Å². The van der Waals surface area contributed by atoms with E-state index in [4.69, 9.17) is 4.74 Å². The molecule has 1 N–H and O–H groups in total. The smallest absolute Gasteiger partial charge is 0.0876 e. The molecule has 2 nitrogen and oxygen atoms in total. The lowest BCUT2D eigenvalue weighted by atomic mass is 9.96. The Labute approximate surface area is 103 Å². The van der Waals surface area contributed by atoms with Gasteiger partial charge in [0.1, 0.15) is 0 Å². The van der Waals surface area contributed by atoms with Crippen LogP contribution in [0.3, 0.4) is 0 Å². The molecule has 0 bridgehead atoms. The molecule has 2 atom stereocenters. The summed E-state index contributed by atoms with van der Waals surface area (Å²) in [5.74, 6) is 1.33. The predicted octanol–water partition coefficient (Wildman–Crippen LogP) is 2.94. The highest BCUT2D eigenvalue weighted by Crippen LogP contribution is 2.32. The second-order valence-electron chi connectivity index (χ2n) is 4.61. The number of likely N-dealkylation sites (N-methyl/N-ethyl adjacent to an activating group) is 1. The van der Waals surface area contributed by atoms with Gasteiger partial charge in [0, 0.05) is 11.3 Å². The van der Waals surface area contributed by atoms with Crippen LogP contribution in [0.25, 0.3) is 0 Å². The van der Waals surface area contributed by atoms with E-state index in [1.807, 2.05) is 6.26 Å². The van der Waals surface area contributed by atoms with E-state index >= 15 is 0 Å². The first-order chi connectivity index (χ1) is 7.92.